The zero-order valence-corrected chi connectivity index (χ0v) is 13.9. The molecule has 8 heteroatoms. The molecule has 2 atom stereocenters. The van der Waals surface area contributed by atoms with E-state index in [0.29, 0.717) is 37.0 Å². The molecule has 8 nitrogen and oxygen atoms in total. The van der Waals surface area contributed by atoms with E-state index in [1.807, 2.05) is 31.2 Å². The quantitative estimate of drug-likeness (QED) is 0.853. The van der Waals surface area contributed by atoms with Gasteiger partial charge in [0.1, 0.15) is 11.9 Å². The second-order valence-corrected chi connectivity index (χ2v) is 6.31. The van der Waals surface area contributed by atoms with Crippen LogP contribution in [0.15, 0.2) is 24.3 Å². The van der Waals surface area contributed by atoms with Crippen molar-refractivity contribution < 1.29 is 14.3 Å². The van der Waals surface area contributed by atoms with E-state index in [0.717, 1.165) is 5.56 Å². The molecule has 2 aliphatic heterocycles. The van der Waals surface area contributed by atoms with Crippen molar-refractivity contribution in [1.82, 2.24) is 20.1 Å². The Balaban J connectivity index is 1.55. The summed E-state index contributed by atoms with van der Waals surface area (Å²) in [7, 11) is 0. The number of carbonyl (C=O) groups excluding carboxylic acids is 2. The maximum atomic E-state index is 13.1. The van der Waals surface area contributed by atoms with E-state index in [1.54, 1.807) is 4.90 Å². The Bertz CT molecular complexity index is 818. The molecule has 0 unspecified atom stereocenters. The van der Waals surface area contributed by atoms with Gasteiger partial charge in [-0.3, -0.25) is 14.7 Å². The minimum Gasteiger partial charge on any atom is -0.366 e. The summed E-state index contributed by atoms with van der Waals surface area (Å²) in [4.78, 5) is 31.1. The molecule has 1 aromatic heterocycles. The van der Waals surface area contributed by atoms with E-state index < -0.39 is 5.92 Å². The number of benzene rings is 1. The molecule has 2 amide bonds. The number of morpholine rings is 1. The number of amides is 2. The van der Waals surface area contributed by atoms with E-state index in [2.05, 4.69) is 20.5 Å². The summed E-state index contributed by atoms with van der Waals surface area (Å²) in [6.07, 6.45) is -0.187. The molecule has 2 aliphatic rings. The molecule has 1 saturated heterocycles. The number of fused-ring (bicyclic) bond motifs is 1. The average Bonchev–Trinajstić information content (AvgIpc) is 3.07. The zero-order chi connectivity index (χ0) is 17.4. The van der Waals surface area contributed by atoms with Crippen molar-refractivity contribution in [2.24, 2.45) is 0 Å². The lowest BCUT2D eigenvalue weighted by Crippen LogP contribution is -2.46. The fourth-order valence-electron chi connectivity index (χ4n) is 3.36. The first-order chi connectivity index (χ1) is 12.1. The van der Waals surface area contributed by atoms with Crippen molar-refractivity contribution in [2.45, 2.75) is 25.4 Å². The Morgan fingerprint density at radius 3 is 3.00 bits per heavy atom. The Morgan fingerprint density at radius 1 is 1.36 bits per heavy atom. The molecule has 0 bridgehead atoms. The number of carbonyl (C=O) groups is 2. The first-order valence-corrected chi connectivity index (χ1v) is 8.30. The highest BCUT2D eigenvalue weighted by molar-refractivity contribution is 6.01. The van der Waals surface area contributed by atoms with Crippen LogP contribution in [0, 0.1) is 6.92 Å². The average molecular weight is 341 g/mol. The summed E-state index contributed by atoms with van der Waals surface area (Å²) in [5.74, 6) is 0.614. The fourth-order valence-corrected chi connectivity index (χ4v) is 3.36. The molecule has 4 rings (SSSR count). The van der Waals surface area contributed by atoms with Crippen LogP contribution in [0.5, 0.6) is 0 Å². The summed E-state index contributed by atoms with van der Waals surface area (Å²) >= 11 is 0. The molecule has 1 fully saturated rings. The Morgan fingerprint density at radius 2 is 2.20 bits per heavy atom. The highest BCUT2D eigenvalue weighted by Gasteiger charge is 2.36. The monoisotopic (exact) mass is 341 g/mol. The van der Waals surface area contributed by atoms with Gasteiger partial charge in [0.05, 0.1) is 19.1 Å². The third-order valence-electron chi connectivity index (χ3n) is 4.58. The van der Waals surface area contributed by atoms with Gasteiger partial charge in [0.2, 0.25) is 11.8 Å². The number of aromatic amines is 1. The number of aromatic nitrogens is 3. The van der Waals surface area contributed by atoms with Crippen molar-refractivity contribution in [2.75, 3.05) is 25.0 Å². The first kappa shape index (κ1) is 15.8. The van der Waals surface area contributed by atoms with Gasteiger partial charge in [-0.15, -0.1) is 0 Å². The smallest absolute Gasteiger partial charge is 0.230 e. The molecule has 2 N–H and O–H groups in total. The predicted molar refractivity (Wildman–Crippen MR) is 88.8 cm³/mol. The lowest BCUT2D eigenvalue weighted by Gasteiger charge is -2.35. The predicted octanol–water partition coefficient (Wildman–Crippen LogP) is 1.14. The fraction of sp³-hybridized carbons (Fsp3) is 0.412. The van der Waals surface area contributed by atoms with E-state index in [9.17, 15) is 9.59 Å². The number of hydrogen-bond acceptors (Lipinski definition) is 5. The maximum absolute atomic E-state index is 13.1. The van der Waals surface area contributed by atoms with Crippen LogP contribution in [-0.4, -0.2) is 51.6 Å². The van der Waals surface area contributed by atoms with E-state index in [-0.39, 0.29) is 24.3 Å². The molecule has 0 radical (unpaired) electrons. The van der Waals surface area contributed by atoms with Gasteiger partial charge < -0.3 is 15.0 Å². The number of anilines is 1. The van der Waals surface area contributed by atoms with Crippen molar-refractivity contribution in [3.05, 3.63) is 41.5 Å². The number of hydrogen-bond donors (Lipinski definition) is 2. The SMILES string of the molecule is Cc1nc([C@@H]2CN(C(=O)[C@@H]3CC(=O)Nc4ccccc43)CCO2)n[nH]1. The number of para-hydroxylation sites is 1. The topological polar surface area (TPSA) is 100 Å². The van der Waals surface area contributed by atoms with Crippen molar-refractivity contribution in [3.8, 4) is 0 Å². The highest BCUT2D eigenvalue weighted by Crippen LogP contribution is 2.34. The maximum Gasteiger partial charge on any atom is 0.230 e. The van der Waals surface area contributed by atoms with Crippen molar-refractivity contribution in [1.29, 1.82) is 0 Å². The van der Waals surface area contributed by atoms with Gasteiger partial charge in [0.25, 0.3) is 0 Å². The van der Waals surface area contributed by atoms with Gasteiger partial charge >= 0.3 is 0 Å². The molecule has 2 aromatic rings. The number of aryl methyl sites for hydroxylation is 1. The van der Waals surface area contributed by atoms with Crippen molar-refractivity contribution in [3.63, 3.8) is 0 Å². The third-order valence-corrected chi connectivity index (χ3v) is 4.58. The standard InChI is InChI=1S/C17H19N5O3/c1-10-18-16(21-20-10)14-9-22(6-7-25-14)17(24)12-8-15(23)19-13-5-3-2-4-11(12)13/h2-5,12,14H,6-9H2,1H3,(H,19,23)(H,18,20,21)/t12-,14+/m1/s1. The minimum atomic E-state index is -0.461. The molecule has 0 aliphatic carbocycles. The summed E-state index contributed by atoms with van der Waals surface area (Å²) in [5, 5.41) is 9.75. The van der Waals surface area contributed by atoms with Gasteiger partial charge in [-0.25, -0.2) is 4.98 Å². The normalized spacial score (nSPS) is 23.1. The lowest BCUT2D eigenvalue weighted by atomic mass is 9.89. The van der Waals surface area contributed by atoms with Crippen LogP contribution in [0.1, 0.15) is 35.7 Å². The van der Waals surface area contributed by atoms with Crippen LogP contribution < -0.4 is 5.32 Å². The van der Waals surface area contributed by atoms with Crippen LogP contribution in [0.2, 0.25) is 0 Å². The van der Waals surface area contributed by atoms with E-state index in [4.69, 9.17) is 4.74 Å². The number of ether oxygens (including phenoxy) is 1. The summed E-state index contributed by atoms with van der Waals surface area (Å²) in [6, 6.07) is 7.45. The number of nitrogens with one attached hydrogen (secondary N) is 2. The van der Waals surface area contributed by atoms with Crippen LogP contribution in [0.25, 0.3) is 0 Å². The van der Waals surface area contributed by atoms with Gasteiger partial charge in [-0.1, -0.05) is 18.2 Å². The Hall–Kier alpha value is -2.74. The van der Waals surface area contributed by atoms with Gasteiger partial charge in [-0.05, 0) is 18.6 Å². The zero-order valence-electron chi connectivity index (χ0n) is 13.9. The molecule has 0 spiro atoms. The highest BCUT2D eigenvalue weighted by atomic mass is 16.5. The largest absolute Gasteiger partial charge is 0.366 e. The summed E-state index contributed by atoms with van der Waals surface area (Å²) in [6.45, 7) is 3.12. The van der Waals surface area contributed by atoms with Crippen LogP contribution >= 0.6 is 0 Å². The number of nitrogens with zero attached hydrogens (tertiary/aromatic N) is 3. The second kappa shape index (κ2) is 6.29. The molecule has 0 saturated carbocycles. The molecular weight excluding hydrogens is 322 g/mol. The van der Waals surface area contributed by atoms with Gasteiger partial charge in [0, 0.05) is 18.7 Å². The van der Waals surface area contributed by atoms with Gasteiger partial charge in [0.15, 0.2) is 5.82 Å². The molecule has 1 aromatic carbocycles. The molecule has 3 heterocycles. The second-order valence-electron chi connectivity index (χ2n) is 6.31. The van der Waals surface area contributed by atoms with Crippen LogP contribution in [-0.2, 0) is 14.3 Å². The molecule has 130 valence electrons. The van der Waals surface area contributed by atoms with Crippen LogP contribution in [0.4, 0.5) is 5.69 Å². The van der Waals surface area contributed by atoms with Gasteiger partial charge in [-0.2, -0.15) is 5.10 Å². The molecule has 25 heavy (non-hydrogen) atoms. The Kier molecular flexibility index (Phi) is 3.96. The van der Waals surface area contributed by atoms with Crippen LogP contribution in [0.3, 0.4) is 0 Å². The lowest BCUT2D eigenvalue weighted by molar-refractivity contribution is -0.142. The van der Waals surface area contributed by atoms with E-state index >= 15 is 0 Å². The van der Waals surface area contributed by atoms with Crippen molar-refractivity contribution >= 4 is 17.5 Å². The summed E-state index contributed by atoms with van der Waals surface area (Å²) in [5.41, 5.74) is 1.58. The minimum absolute atomic E-state index is 0.0529. The number of rotatable bonds is 2. The molecular formula is C17H19N5O3. The summed E-state index contributed by atoms with van der Waals surface area (Å²) < 4.78 is 5.72. The first-order valence-electron chi connectivity index (χ1n) is 8.30. The van der Waals surface area contributed by atoms with E-state index in [1.165, 1.54) is 0 Å². The Labute approximate surface area is 144 Å². The number of H-pyrrole nitrogens is 1. The third kappa shape index (κ3) is 3.00.